The fraction of sp³-hybridized carbons (Fsp3) is 0.500. The second-order valence-electron chi connectivity index (χ2n) is 5.63. The Morgan fingerprint density at radius 3 is 2.55 bits per heavy atom. The maximum absolute atomic E-state index is 12.8. The number of halogens is 1. The zero-order chi connectivity index (χ0) is 16.5. The summed E-state index contributed by atoms with van der Waals surface area (Å²) in [7, 11) is -3.59. The Kier molecular flexibility index (Phi) is 4.44. The molecule has 0 spiro atoms. The topological polar surface area (TPSA) is 83.9 Å². The summed E-state index contributed by atoms with van der Waals surface area (Å²) in [6, 6.07) is 4.04. The van der Waals surface area contributed by atoms with E-state index in [-0.39, 0.29) is 23.7 Å². The second-order valence-corrected chi connectivity index (χ2v) is 7.73. The van der Waals surface area contributed by atoms with Crippen LogP contribution >= 0.6 is 0 Å². The number of hydrogen-bond acceptors (Lipinski definition) is 4. The summed E-state index contributed by atoms with van der Waals surface area (Å²) in [5.74, 6) is -0.742. The fourth-order valence-electron chi connectivity index (χ4n) is 2.53. The molecule has 1 heterocycles. The molecule has 1 amide bonds. The number of carbonyl (C=O) groups is 1. The third kappa shape index (κ3) is 3.38. The highest BCUT2D eigenvalue weighted by molar-refractivity contribution is 7.91. The van der Waals surface area contributed by atoms with Gasteiger partial charge in [-0.25, -0.2) is 17.6 Å². The summed E-state index contributed by atoms with van der Waals surface area (Å²) in [4.78, 5) is 12.5. The third-order valence-corrected chi connectivity index (χ3v) is 5.44. The van der Waals surface area contributed by atoms with Gasteiger partial charge in [-0.1, -0.05) is 0 Å². The predicted molar refractivity (Wildman–Crippen MR) is 76.8 cm³/mol. The Bertz CT molecular complexity index is 656. The first kappa shape index (κ1) is 16.7. The van der Waals surface area contributed by atoms with Crippen LogP contribution in [0.15, 0.2) is 29.2 Å². The van der Waals surface area contributed by atoms with Crippen LogP contribution in [0.25, 0.3) is 0 Å². The minimum absolute atomic E-state index is 0.0222. The van der Waals surface area contributed by atoms with Crippen molar-refractivity contribution in [3.63, 3.8) is 0 Å². The van der Waals surface area contributed by atoms with Crippen molar-refractivity contribution in [1.82, 2.24) is 4.90 Å². The monoisotopic (exact) mass is 331 g/mol. The van der Waals surface area contributed by atoms with E-state index in [1.807, 2.05) is 0 Å². The molecule has 1 aliphatic rings. The molecule has 1 atom stereocenters. The first-order chi connectivity index (χ1) is 10.1. The van der Waals surface area contributed by atoms with Gasteiger partial charge in [0.05, 0.1) is 23.3 Å². The Morgan fingerprint density at radius 2 is 2.00 bits per heavy atom. The normalized spacial score (nSPS) is 21.0. The molecule has 1 aromatic rings. The molecule has 1 N–H and O–H groups in total. The van der Waals surface area contributed by atoms with Gasteiger partial charge in [-0.05, 0) is 44.5 Å². The van der Waals surface area contributed by atoms with Crippen LogP contribution in [-0.2, 0) is 14.6 Å². The molecule has 0 aromatic heterocycles. The first-order valence-corrected chi connectivity index (χ1v) is 8.43. The molecule has 122 valence electrons. The van der Waals surface area contributed by atoms with E-state index in [2.05, 4.69) is 0 Å². The molecule has 1 fully saturated rings. The molecule has 0 bridgehead atoms. The minimum Gasteiger partial charge on any atom is -0.465 e. The maximum Gasteiger partial charge on any atom is 0.409 e. The van der Waals surface area contributed by atoms with Crippen LogP contribution in [0.4, 0.5) is 9.18 Å². The lowest BCUT2D eigenvalue weighted by molar-refractivity contribution is -0.0420. The first-order valence-electron chi connectivity index (χ1n) is 6.78. The maximum atomic E-state index is 12.8. The van der Waals surface area contributed by atoms with Gasteiger partial charge in [-0.2, -0.15) is 0 Å². The molecule has 1 aliphatic heterocycles. The molecular weight excluding hydrogens is 313 g/mol. The fourth-order valence-corrected chi connectivity index (χ4v) is 3.90. The zero-order valence-electron chi connectivity index (χ0n) is 12.3. The van der Waals surface area contributed by atoms with Crippen LogP contribution in [0.2, 0.25) is 0 Å². The molecule has 0 saturated carbocycles. The molecule has 0 unspecified atom stereocenters. The van der Waals surface area contributed by atoms with E-state index >= 15 is 0 Å². The Balaban J connectivity index is 2.09. The van der Waals surface area contributed by atoms with Crippen molar-refractivity contribution >= 4 is 15.9 Å². The van der Waals surface area contributed by atoms with Gasteiger partial charge in [-0.15, -0.1) is 0 Å². The predicted octanol–water partition coefficient (Wildman–Crippen LogP) is 2.10. The van der Waals surface area contributed by atoms with E-state index in [1.165, 1.54) is 12.1 Å². The van der Waals surface area contributed by atoms with Crippen molar-refractivity contribution in [2.75, 3.05) is 12.4 Å². The summed E-state index contributed by atoms with van der Waals surface area (Å²) < 4.78 is 42.7. The lowest BCUT2D eigenvalue weighted by Crippen LogP contribution is -2.47. The van der Waals surface area contributed by atoms with Gasteiger partial charge in [0.2, 0.25) is 0 Å². The number of carboxylic acid groups (broad SMARTS) is 1. The number of sulfone groups is 1. The summed E-state index contributed by atoms with van der Waals surface area (Å²) in [6.07, 6.45) is -1.03. The summed E-state index contributed by atoms with van der Waals surface area (Å²) >= 11 is 0. The molecular formula is C14H18FNO5S. The molecule has 0 aliphatic carbocycles. The Morgan fingerprint density at radius 1 is 1.41 bits per heavy atom. The number of hydrogen-bond donors (Lipinski definition) is 1. The van der Waals surface area contributed by atoms with E-state index in [4.69, 9.17) is 4.74 Å². The molecule has 2 rings (SSSR count). The Labute approximate surface area is 128 Å². The van der Waals surface area contributed by atoms with Gasteiger partial charge in [0.15, 0.2) is 9.84 Å². The molecule has 6 nitrogen and oxygen atoms in total. The zero-order valence-corrected chi connectivity index (χ0v) is 13.1. The summed E-state index contributed by atoms with van der Waals surface area (Å²) in [5.41, 5.74) is -0.976. The number of amides is 1. The largest absolute Gasteiger partial charge is 0.465 e. The van der Waals surface area contributed by atoms with E-state index in [0.717, 1.165) is 17.0 Å². The average molecular weight is 331 g/mol. The van der Waals surface area contributed by atoms with Crippen LogP contribution in [0.1, 0.15) is 20.3 Å². The lowest BCUT2D eigenvalue weighted by atomic mass is 10.2. The van der Waals surface area contributed by atoms with Gasteiger partial charge >= 0.3 is 6.09 Å². The van der Waals surface area contributed by atoms with Gasteiger partial charge in [0.1, 0.15) is 11.5 Å². The summed E-state index contributed by atoms with van der Waals surface area (Å²) in [5, 5.41) is 9.25. The van der Waals surface area contributed by atoms with Crippen molar-refractivity contribution in [2.24, 2.45) is 0 Å². The summed E-state index contributed by atoms with van der Waals surface area (Å²) in [6.45, 7) is 3.39. The van der Waals surface area contributed by atoms with E-state index < -0.39 is 33.5 Å². The minimum atomic E-state index is -3.59. The highest BCUT2D eigenvalue weighted by Crippen LogP contribution is 2.29. The number of benzene rings is 1. The SMILES string of the molecule is CC1(C)OC[C@H](CCS(=O)(=O)c2ccc(F)cc2)N1C(=O)O. The lowest BCUT2D eigenvalue weighted by Gasteiger charge is -2.30. The van der Waals surface area contributed by atoms with E-state index in [1.54, 1.807) is 13.8 Å². The Hall–Kier alpha value is -1.67. The van der Waals surface area contributed by atoms with Crippen LogP contribution in [-0.4, -0.2) is 48.6 Å². The van der Waals surface area contributed by atoms with Crippen molar-refractivity contribution in [3.8, 4) is 0 Å². The van der Waals surface area contributed by atoms with Crippen LogP contribution in [0, 0.1) is 5.82 Å². The van der Waals surface area contributed by atoms with Crippen LogP contribution < -0.4 is 0 Å². The van der Waals surface area contributed by atoms with Crippen molar-refractivity contribution in [2.45, 2.75) is 36.9 Å². The molecule has 1 saturated heterocycles. The number of nitrogens with zero attached hydrogens (tertiary/aromatic N) is 1. The highest BCUT2D eigenvalue weighted by Gasteiger charge is 2.44. The van der Waals surface area contributed by atoms with Crippen molar-refractivity contribution in [1.29, 1.82) is 0 Å². The number of ether oxygens (including phenoxy) is 1. The van der Waals surface area contributed by atoms with Gasteiger partial charge in [0.25, 0.3) is 0 Å². The van der Waals surface area contributed by atoms with Gasteiger partial charge < -0.3 is 9.84 Å². The van der Waals surface area contributed by atoms with Crippen molar-refractivity contribution in [3.05, 3.63) is 30.1 Å². The van der Waals surface area contributed by atoms with Crippen LogP contribution in [0.3, 0.4) is 0 Å². The van der Waals surface area contributed by atoms with Crippen molar-refractivity contribution < 1.29 is 27.4 Å². The highest BCUT2D eigenvalue weighted by atomic mass is 32.2. The second kappa shape index (κ2) is 5.85. The van der Waals surface area contributed by atoms with Gasteiger partial charge in [0, 0.05) is 0 Å². The average Bonchev–Trinajstić information content (AvgIpc) is 2.72. The van der Waals surface area contributed by atoms with Crippen LogP contribution in [0.5, 0.6) is 0 Å². The molecule has 1 aromatic carbocycles. The molecule has 0 radical (unpaired) electrons. The smallest absolute Gasteiger partial charge is 0.409 e. The third-order valence-electron chi connectivity index (χ3n) is 3.67. The van der Waals surface area contributed by atoms with E-state index in [0.29, 0.717) is 0 Å². The molecule has 8 heteroatoms. The molecule has 22 heavy (non-hydrogen) atoms. The quantitative estimate of drug-likeness (QED) is 0.854. The standard InChI is InChI=1S/C14H18FNO5S/c1-14(2)16(13(17)18)11(9-21-14)7-8-22(19,20)12-5-3-10(15)4-6-12/h3-6,11H,7-9H2,1-2H3,(H,17,18)/t11-/m0/s1. The number of rotatable bonds is 4. The van der Waals surface area contributed by atoms with Gasteiger partial charge in [-0.3, -0.25) is 4.90 Å². The van der Waals surface area contributed by atoms with E-state index in [9.17, 15) is 22.7 Å².